The number of rotatable bonds is 11. The molecule has 12 nitrogen and oxygen atoms in total. The molecule has 0 spiro atoms. The van der Waals surface area contributed by atoms with Gasteiger partial charge in [0.15, 0.2) is 6.29 Å². The number of isocyanates is 3. The predicted molar refractivity (Wildman–Crippen MR) is 129 cm³/mol. The number of nitrogens with zero attached hydrogens (tertiary/aromatic N) is 3. The number of carbonyl (C=O) groups excluding carboxylic acids is 4. The van der Waals surface area contributed by atoms with E-state index >= 15 is 0 Å². The van der Waals surface area contributed by atoms with Crippen LogP contribution in [-0.2, 0) is 38.1 Å². The number of esters is 1. The maximum Gasteiger partial charge on any atom is 0.330 e. The first kappa shape index (κ1) is 35.7. The summed E-state index contributed by atoms with van der Waals surface area (Å²) in [5.74, 6) is -1.29. The second-order valence-electron chi connectivity index (χ2n) is 5.80. The molecule has 2 unspecified atom stereocenters. The third-order valence-corrected chi connectivity index (χ3v) is 3.32. The molecule has 192 valence electrons. The molecule has 0 aromatic rings. The predicted octanol–water partition coefficient (Wildman–Crippen LogP) is 1.82. The molecule has 0 aromatic heterocycles. The van der Waals surface area contributed by atoms with Gasteiger partial charge in [0, 0.05) is 20.3 Å². The highest BCUT2D eigenvalue weighted by Crippen LogP contribution is 2.23. The first-order chi connectivity index (χ1) is 16.7. The quantitative estimate of drug-likeness (QED) is 0.0860. The maximum atomic E-state index is 10.3. The van der Waals surface area contributed by atoms with Crippen LogP contribution in [0.25, 0.3) is 0 Å². The normalized spacial score (nSPS) is 16.3. The lowest BCUT2D eigenvalue weighted by Gasteiger charge is -2.24. The molecule has 35 heavy (non-hydrogen) atoms. The van der Waals surface area contributed by atoms with E-state index in [-0.39, 0.29) is 19.4 Å². The molecular weight excluding hydrogens is 460 g/mol. The smallest absolute Gasteiger partial charge is 0.330 e. The van der Waals surface area contributed by atoms with Gasteiger partial charge in [-0.15, -0.1) is 6.58 Å². The average molecular weight is 493 g/mol. The summed E-state index contributed by atoms with van der Waals surface area (Å²) in [6.45, 7) is 16.1. The van der Waals surface area contributed by atoms with Gasteiger partial charge in [-0.1, -0.05) is 25.8 Å². The van der Waals surface area contributed by atoms with E-state index < -0.39 is 11.8 Å². The number of nitrogens with two attached hydrogens (primary N) is 1. The Morgan fingerprint density at radius 3 is 2.09 bits per heavy atom. The highest BCUT2D eigenvalue weighted by atomic mass is 16.8. The molecule has 12 heteroatoms. The Kier molecular flexibility index (Phi) is 25.3. The van der Waals surface area contributed by atoms with E-state index in [9.17, 15) is 19.2 Å². The van der Waals surface area contributed by atoms with Crippen LogP contribution in [0.3, 0.4) is 0 Å². The van der Waals surface area contributed by atoms with Gasteiger partial charge in [-0.3, -0.25) is 0 Å². The van der Waals surface area contributed by atoms with Crippen LogP contribution in [0.15, 0.2) is 76.9 Å². The van der Waals surface area contributed by atoms with E-state index in [0.29, 0.717) is 24.4 Å². The van der Waals surface area contributed by atoms with Gasteiger partial charge in [-0.25, -0.2) is 29.2 Å². The maximum absolute atomic E-state index is 10.3. The van der Waals surface area contributed by atoms with E-state index in [1.165, 1.54) is 24.3 Å². The van der Waals surface area contributed by atoms with Gasteiger partial charge < -0.3 is 24.7 Å². The summed E-state index contributed by atoms with van der Waals surface area (Å²) in [5.41, 5.74) is 6.52. The van der Waals surface area contributed by atoms with E-state index in [1.807, 2.05) is 0 Å². The highest BCUT2D eigenvalue weighted by molar-refractivity contribution is 5.81. The van der Waals surface area contributed by atoms with Gasteiger partial charge >= 0.3 is 5.97 Å². The van der Waals surface area contributed by atoms with Crippen molar-refractivity contribution in [3.05, 3.63) is 61.9 Å². The first-order valence-electron chi connectivity index (χ1n) is 9.72. The fourth-order valence-corrected chi connectivity index (χ4v) is 1.49. The summed E-state index contributed by atoms with van der Waals surface area (Å²) in [4.78, 5) is 48.1. The van der Waals surface area contributed by atoms with Crippen LogP contribution in [-0.4, -0.2) is 76.7 Å². The summed E-state index contributed by atoms with van der Waals surface area (Å²) in [7, 11) is 3.12. The molecule has 1 heterocycles. The van der Waals surface area contributed by atoms with Crippen molar-refractivity contribution in [2.24, 2.45) is 20.7 Å². The van der Waals surface area contributed by atoms with E-state index in [2.05, 4.69) is 46.0 Å². The lowest BCUT2D eigenvalue weighted by molar-refractivity contribution is -0.236. The molecule has 2 atom stereocenters. The van der Waals surface area contributed by atoms with Gasteiger partial charge in [0.2, 0.25) is 24.0 Å². The van der Waals surface area contributed by atoms with Crippen LogP contribution in [0.5, 0.6) is 0 Å². The van der Waals surface area contributed by atoms with Crippen molar-refractivity contribution in [3.8, 4) is 0 Å². The number of ether oxygens (including phenoxy) is 4. The van der Waals surface area contributed by atoms with Crippen LogP contribution in [0.2, 0.25) is 0 Å². The molecule has 0 saturated heterocycles. The summed E-state index contributed by atoms with van der Waals surface area (Å²) in [6.07, 6.45) is 9.84. The molecule has 0 aromatic carbocycles. The van der Waals surface area contributed by atoms with Crippen LogP contribution < -0.4 is 5.73 Å². The molecule has 0 radical (unpaired) electrons. The lowest BCUT2D eigenvalue weighted by atomic mass is 10.3. The minimum absolute atomic E-state index is 0.0973. The molecule has 2 N–H and O–H groups in total. The molecule has 0 fully saturated rings. The van der Waals surface area contributed by atoms with Gasteiger partial charge in [0.25, 0.3) is 0 Å². The summed E-state index contributed by atoms with van der Waals surface area (Å²) < 4.78 is 19.8. The largest absolute Gasteiger partial charge is 0.461 e. The first-order valence-corrected chi connectivity index (χ1v) is 9.72. The number of hydrogen-bond acceptors (Lipinski definition) is 12. The molecule has 1 rings (SSSR count). The summed E-state index contributed by atoms with van der Waals surface area (Å²) in [6, 6.07) is 0. The molecule has 0 bridgehead atoms. The highest BCUT2D eigenvalue weighted by Gasteiger charge is 2.34. The molecule has 0 saturated carbocycles. The number of hydrogen-bond donors (Lipinski definition) is 1. The SMILES string of the molecule is C=C(C)C(=C)N=C=O.C=CC(=O)OCCN=C=O.C=CCN=C=O.COC1C=CC(CN)(OC)O1. The zero-order valence-corrected chi connectivity index (χ0v) is 20.2. The second kappa shape index (κ2) is 24.8. The molecule has 0 aliphatic carbocycles. The zero-order chi connectivity index (χ0) is 27.5. The van der Waals surface area contributed by atoms with Crippen LogP contribution in [0.4, 0.5) is 0 Å². The Hall–Kier alpha value is -3.85. The Balaban J connectivity index is -0.000000400. The Morgan fingerprint density at radius 1 is 1.17 bits per heavy atom. The minimum atomic E-state index is -0.777. The minimum Gasteiger partial charge on any atom is -0.461 e. The topological polar surface area (TPSA) is 168 Å². The Morgan fingerprint density at radius 2 is 1.80 bits per heavy atom. The molecular formula is C23H32N4O8. The van der Waals surface area contributed by atoms with Crippen molar-refractivity contribution < 1.29 is 38.1 Å². The van der Waals surface area contributed by atoms with Gasteiger partial charge in [-0.05, 0) is 24.6 Å². The van der Waals surface area contributed by atoms with Gasteiger partial charge in [0.05, 0.1) is 25.3 Å². The van der Waals surface area contributed by atoms with Gasteiger partial charge in [-0.2, -0.15) is 4.99 Å². The summed E-state index contributed by atoms with van der Waals surface area (Å²) in [5, 5.41) is 0. The van der Waals surface area contributed by atoms with Crippen LogP contribution in [0, 0.1) is 0 Å². The third-order valence-electron chi connectivity index (χ3n) is 3.32. The van der Waals surface area contributed by atoms with Crippen molar-refractivity contribution in [2.75, 3.05) is 40.5 Å². The Labute approximate surface area is 204 Å². The van der Waals surface area contributed by atoms with E-state index in [1.54, 1.807) is 33.3 Å². The molecule has 1 aliphatic heterocycles. The molecule has 0 amide bonds. The molecule has 1 aliphatic rings. The van der Waals surface area contributed by atoms with Crippen molar-refractivity contribution in [1.82, 2.24) is 0 Å². The number of carbonyl (C=O) groups is 1. The van der Waals surface area contributed by atoms with Crippen molar-refractivity contribution in [1.29, 1.82) is 0 Å². The standard InChI is InChI=1S/C7H13NO3.C6H7NO3.C6H7NO.C4H5NO/c1-9-6-3-4-7(5-8,10-2)11-6;1-2-6(9)10-4-3-7-5-8;1-5(2)6(3)7-4-8;1-2-3-5-4-6/h3-4,6H,5,8H2,1-2H3;2H,1,3-4H2;1,3H2,2H3;2H,1,3H2. The third kappa shape index (κ3) is 21.7. The lowest BCUT2D eigenvalue weighted by Crippen LogP contribution is -2.40. The van der Waals surface area contributed by atoms with Crippen molar-refractivity contribution in [2.45, 2.75) is 19.0 Å². The summed E-state index contributed by atoms with van der Waals surface area (Å²) >= 11 is 0. The Bertz CT molecular complexity index is 842. The van der Waals surface area contributed by atoms with Crippen molar-refractivity contribution >= 4 is 24.2 Å². The van der Waals surface area contributed by atoms with Crippen LogP contribution >= 0.6 is 0 Å². The fourth-order valence-electron chi connectivity index (χ4n) is 1.49. The zero-order valence-electron chi connectivity index (χ0n) is 20.2. The monoisotopic (exact) mass is 492 g/mol. The number of aliphatic imine (C=N–C) groups is 3. The van der Waals surface area contributed by atoms with E-state index in [4.69, 9.17) is 19.9 Å². The van der Waals surface area contributed by atoms with E-state index in [0.717, 1.165) is 6.08 Å². The second-order valence-corrected chi connectivity index (χ2v) is 5.80. The number of methoxy groups -OCH3 is 2. The van der Waals surface area contributed by atoms with Crippen molar-refractivity contribution in [3.63, 3.8) is 0 Å². The van der Waals surface area contributed by atoms with Crippen LogP contribution in [0.1, 0.15) is 6.92 Å². The fraction of sp³-hybridized carbons (Fsp3) is 0.391. The average Bonchev–Trinajstić information content (AvgIpc) is 3.31. The number of allylic oxidation sites excluding steroid dienone is 1. The van der Waals surface area contributed by atoms with Gasteiger partial charge in [0.1, 0.15) is 6.61 Å².